The van der Waals surface area contributed by atoms with Gasteiger partial charge in [0.25, 0.3) is 0 Å². The van der Waals surface area contributed by atoms with E-state index < -0.39 is 0 Å². The summed E-state index contributed by atoms with van der Waals surface area (Å²) in [4.78, 5) is 11.4. The van der Waals surface area contributed by atoms with E-state index in [1.165, 1.54) is 16.5 Å². The quantitative estimate of drug-likeness (QED) is 0.554. The lowest BCUT2D eigenvalue weighted by molar-refractivity contribution is -0.118. The second-order valence-corrected chi connectivity index (χ2v) is 6.34. The molecule has 2 N–H and O–H groups in total. The Morgan fingerprint density at radius 2 is 1.35 bits per heavy atom. The van der Waals surface area contributed by atoms with Crippen molar-refractivity contribution in [1.29, 1.82) is 0 Å². The molecule has 0 aliphatic rings. The number of hydrogen-bond donors (Lipinski definition) is 1. The van der Waals surface area contributed by atoms with Crippen LogP contribution in [0.1, 0.15) is 6.42 Å². The fraction of sp³-hybridized carbons (Fsp3) is 0.0870. The Labute approximate surface area is 152 Å². The summed E-state index contributed by atoms with van der Waals surface area (Å²) in [5.74, 6) is -0.289. The van der Waals surface area contributed by atoms with Gasteiger partial charge in [0.15, 0.2) is 0 Å². The number of benzene rings is 3. The molecule has 26 heavy (non-hydrogen) atoms. The van der Waals surface area contributed by atoms with E-state index in [0.29, 0.717) is 13.0 Å². The predicted molar refractivity (Wildman–Crippen MR) is 107 cm³/mol. The van der Waals surface area contributed by atoms with Gasteiger partial charge >= 0.3 is 0 Å². The Morgan fingerprint density at radius 1 is 0.769 bits per heavy atom. The van der Waals surface area contributed by atoms with Crippen LogP contribution in [0.15, 0.2) is 84.9 Å². The number of rotatable bonds is 5. The van der Waals surface area contributed by atoms with Crippen molar-refractivity contribution in [3.63, 3.8) is 0 Å². The molecule has 0 unspecified atom stereocenters. The molecule has 4 aromatic rings. The predicted octanol–water partition coefficient (Wildman–Crippen LogP) is 4.85. The number of nitrogens with zero attached hydrogens (tertiary/aromatic N) is 1. The first-order chi connectivity index (χ1) is 12.8. The summed E-state index contributed by atoms with van der Waals surface area (Å²) in [6.45, 7) is 0.562. The van der Waals surface area contributed by atoms with Crippen LogP contribution in [0.2, 0.25) is 0 Å². The molecular weight excluding hydrogens is 320 g/mol. The Kier molecular flexibility index (Phi) is 4.28. The van der Waals surface area contributed by atoms with Crippen LogP contribution < -0.4 is 5.73 Å². The van der Waals surface area contributed by atoms with Crippen LogP contribution in [0.4, 0.5) is 0 Å². The molecule has 1 heterocycles. The van der Waals surface area contributed by atoms with Gasteiger partial charge in [-0.2, -0.15) is 0 Å². The van der Waals surface area contributed by atoms with Gasteiger partial charge in [0, 0.05) is 29.4 Å². The van der Waals surface area contributed by atoms with Gasteiger partial charge in [-0.15, -0.1) is 0 Å². The number of nitrogens with two attached hydrogens (primary N) is 1. The van der Waals surface area contributed by atoms with Crippen molar-refractivity contribution < 1.29 is 4.79 Å². The number of para-hydroxylation sites is 1. The third-order valence-corrected chi connectivity index (χ3v) is 4.66. The van der Waals surface area contributed by atoms with Crippen LogP contribution >= 0.6 is 0 Å². The molecule has 0 spiro atoms. The maximum absolute atomic E-state index is 11.4. The third kappa shape index (κ3) is 2.88. The summed E-state index contributed by atoms with van der Waals surface area (Å²) >= 11 is 0. The molecule has 3 heteroatoms. The van der Waals surface area contributed by atoms with Crippen LogP contribution in [0.25, 0.3) is 33.3 Å². The van der Waals surface area contributed by atoms with E-state index in [9.17, 15) is 4.79 Å². The molecule has 0 aliphatic carbocycles. The highest BCUT2D eigenvalue weighted by Gasteiger charge is 2.19. The topological polar surface area (TPSA) is 48.0 Å². The normalized spacial score (nSPS) is 10.9. The number of carbonyl (C=O) groups excluding carboxylic acids is 1. The fourth-order valence-corrected chi connectivity index (χ4v) is 3.55. The molecule has 0 saturated heterocycles. The second kappa shape index (κ2) is 6.89. The van der Waals surface area contributed by atoms with E-state index in [1.807, 2.05) is 30.3 Å². The van der Waals surface area contributed by atoms with Crippen molar-refractivity contribution in [2.24, 2.45) is 5.73 Å². The van der Waals surface area contributed by atoms with Crippen LogP contribution in [0, 0.1) is 0 Å². The highest BCUT2D eigenvalue weighted by molar-refractivity contribution is 6.04. The zero-order valence-electron chi connectivity index (χ0n) is 14.4. The maximum Gasteiger partial charge on any atom is 0.219 e. The summed E-state index contributed by atoms with van der Waals surface area (Å²) < 4.78 is 2.22. The highest BCUT2D eigenvalue weighted by atomic mass is 16.1. The van der Waals surface area contributed by atoms with Crippen molar-refractivity contribution in [1.82, 2.24) is 4.57 Å². The van der Waals surface area contributed by atoms with Crippen molar-refractivity contribution in [2.75, 3.05) is 0 Å². The van der Waals surface area contributed by atoms with E-state index in [4.69, 9.17) is 5.73 Å². The highest BCUT2D eigenvalue weighted by Crippen LogP contribution is 2.40. The molecule has 0 bridgehead atoms. The minimum Gasteiger partial charge on any atom is -0.370 e. The number of fused-ring (bicyclic) bond motifs is 1. The van der Waals surface area contributed by atoms with Gasteiger partial charge in [0.2, 0.25) is 5.91 Å². The lowest BCUT2D eigenvalue weighted by atomic mass is 9.98. The minimum absolute atomic E-state index is 0.289. The van der Waals surface area contributed by atoms with E-state index >= 15 is 0 Å². The van der Waals surface area contributed by atoms with Crippen LogP contribution in [-0.2, 0) is 11.3 Å². The first kappa shape index (κ1) is 16.2. The number of hydrogen-bond acceptors (Lipinski definition) is 1. The Balaban J connectivity index is 2.06. The zero-order chi connectivity index (χ0) is 17.9. The Morgan fingerprint density at radius 3 is 2.00 bits per heavy atom. The van der Waals surface area contributed by atoms with Gasteiger partial charge in [0.1, 0.15) is 0 Å². The van der Waals surface area contributed by atoms with E-state index in [0.717, 1.165) is 16.8 Å². The summed E-state index contributed by atoms with van der Waals surface area (Å²) in [5, 5.41) is 1.18. The van der Waals surface area contributed by atoms with Gasteiger partial charge < -0.3 is 10.3 Å². The average Bonchev–Trinajstić information content (AvgIpc) is 3.02. The molecule has 128 valence electrons. The van der Waals surface area contributed by atoms with Gasteiger partial charge in [-0.1, -0.05) is 78.9 Å². The number of primary amides is 1. The molecule has 3 aromatic carbocycles. The molecule has 0 atom stereocenters. The first-order valence-electron chi connectivity index (χ1n) is 8.76. The molecule has 0 aliphatic heterocycles. The van der Waals surface area contributed by atoms with Gasteiger partial charge in [-0.3, -0.25) is 4.79 Å². The van der Waals surface area contributed by atoms with Gasteiger partial charge in [-0.25, -0.2) is 0 Å². The second-order valence-electron chi connectivity index (χ2n) is 6.34. The largest absolute Gasteiger partial charge is 0.370 e. The zero-order valence-corrected chi connectivity index (χ0v) is 14.4. The molecule has 0 saturated carbocycles. The number of amides is 1. The number of carbonyl (C=O) groups is 1. The number of aryl methyl sites for hydroxylation is 1. The minimum atomic E-state index is -0.289. The third-order valence-electron chi connectivity index (χ3n) is 4.66. The molecular formula is C23H20N2O. The molecule has 0 radical (unpaired) electrons. The van der Waals surface area contributed by atoms with Crippen LogP contribution in [0.5, 0.6) is 0 Å². The van der Waals surface area contributed by atoms with E-state index in [2.05, 4.69) is 59.2 Å². The Bertz CT molecular complexity index is 1050. The lowest BCUT2D eigenvalue weighted by Gasteiger charge is -2.12. The molecule has 0 fully saturated rings. The van der Waals surface area contributed by atoms with Crippen LogP contribution in [-0.4, -0.2) is 10.5 Å². The summed E-state index contributed by atoms with van der Waals surface area (Å²) in [7, 11) is 0. The van der Waals surface area contributed by atoms with E-state index in [-0.39, 0.29) is 5.91 Å². The SMILES string of the molecule is NC(=O)CCn1c(-c2ccccc2)c(-c2ccccc2)c2ccccc21. The van der Waals surface area contributed by atoms with Gasteiger partial charge in [0.05, 0.1) is 5.69 Å². The van der Waals surface area contributed by atoms with Crippen molar-refractivity contribution in [3.8, 4) is 22.4 Å². The van der Waals surface area contributed by atoms with Crippen LogP contribution in [0.3, 0.4) is 0 Å². The summed E-state index contributed by atoms with van der Waals surface area (Å²) in [6, 6.07) is 29.1. The smallest absolute Gasteiger partial charge is 0.219 e. The Hall–Kier alpha value is -3.33. The summed E-state index contributed by atoms with van der Waals surface area (Å²) in [6.07, 6.45) is 0.312. The van der Waals surface area contributed by atoms with Crippen molar-refractivity contribution in [2.45, 2.75) is 13.0 Å². The van der Waals surface area contributed by atoms with Gasteiger partial charge in [-0.05, 0) is 17.2 Å². The average molecular weight is 340 g/mol. The molecule has 4 rings (SSSR count). The standard InChI is InChI=1S/C23H20N2O/c24-21(26)15-16-25-20-14-8-7-13-19(20)22(17-9-3-1-4-10-17)23(25)18-11-5-2-6-12-18/h1-14H,15-16H2,(H2,24,26). The fourth-order valence-electron chi connectivity index (χ4n) is 3.55. The lowest BCUT2D eigenvalue weighted by Crippen LogP contribution is -2.14. The maximum atomic E-state index is 11.4. The van der Waals surface area contributed by atoms with E-state index in [1.54, 1.807) is 0 Å². The first-order valence-corrected chi connectivity index (χ1v) is 8.76. The summed E-state index contributed by atoms with van der Waals surface area (Å²) in [5.41, 5.74) is 11.2. The number of aromatic nitrogens is 1. The molecule has 1 amide bonds. The monoisotopic (exact) mass is 340 g/mol. The van der Waals surface area contributed by atoms with Crippen molar-refractivity contribution in [3.05, 3.63) is 84.9 Å². The molecule has 3 nitrogen and oxygen atoms in total. The van der Waals surface area contributed by atoms with Crippen molar-refractivity contribution >= 4 is 16.8 Å². The molecule has 1 aromatic heterocycles.